The largest absolute Gasteiger partial charge is 0.0985 e. The van der Waals surface area contributed by atoms with Crippen LogP contribution in [-0.4, -0.2) is 0 Å². The third-order valence-corrected chi connectivity index (χ3v) is 4.41. The molecule has 0 atom stereocenters. The molecule has 0 aromatic heterocycles. The maximum Gasteiger partial charge on any atom is -0.0178 e. The number of hydrogen-bond acceptors (Lipinski definition) is 0. The second kappa shape index (κ2) is 8.30. The molecule has 0 aliphatic heterocycles. The lowest BCUT2D eigenvalue weighted by Gasteiger charge is -2.07. The van der Waals surface area contributed by atoms with Gasteiger partial charge in [-0.25, -0.2) is 0 Å². The van der Waals surface area contributed by atoms with Crippen LogP contribution in [0.5, 0.6) is 0 Å². The average Bonchev–Trinajstić information content (AvgIpc) is 2.68. The summed E-state index contributed by atoms with van der Waals surface area (Å²) in [4.78, 5) is 0. The molecule has 0 fully saturated rings. The van der Waals surface area contributed by atoms with Crippen molar-refractivity contribution in [3.63, 3.8) is 0 Å². The van der Waals surface area contributed by atoms with E-state index in [9.17, 15) is 0 Å². The SMILES string of the molecule is C=Cc1cc2ccccc2cc1CCC.c1ccc2ccccc2c1. The van der Waals surface area contributed by atoms with E-state index in [4.69, 9.17) is 0 Å². The van der Waals surface area contributed by atoms with Crippen LogP contribution in [0.15, 0.2) is 91.5 Å². The zero-order chi connectivity index (χ0) is 17.5. The van der Waals surface area contributed by atoms with E-state index in [1.165, 1.54) is 39.1 Å². The number of hydrogen-bond donors (Lipinski definition) is 0. The first kappa shape index (κ1) is 17.0. The van der Waals surface area contributed by atoms with Crippen molar-refractivity contribution in [1.82, 2.24) is 0 Å². The Morgan fingerprint density at radius 3 is 1.56 bits per heavy atom. The highest BCUT2D eigenvalue weighted by Gasteiger charge is 2.01. The molecule has 25 heavy (non-hydrogen) atoms. The molecule has 0 saturated carbocycles. The third-order valence-electron chi connectivity index (χ3n) is 4.41. The molecule has 0 spiro atoms. The Balaban J connectivity index is 0.000000157. The summed E-state index contributed by atoms with van der Waals surface area (Å²) < 4.78 is 0. The summed E-state index contributed by atoms with van der Waals surface area (Å²) in [6.07, 6.45) is 4.27. The van der Waals surface area contributed by atoms with Crippen molar-refractivity contribution in [1.29, 1.82) is 0 Å². The molecule has 0 N–H and O–H groups in total. The minimum Gasteiger partial charge on any atom is -0.0985 e. The molecule has 0 radical (unpaired) electrons. The number of fused-ring (bicyclic) bond motifs is 2. The third kappa shape index (κ3) is 4.16. The second-order valence-electron chi connectivity index (χ2n) is 6.20. The van der Waals surface area contributed by atoms with Crippen LogP contribution < -0.4 is 0 Å². The van der Waals surface area contributed by atoms with Gasteiger partial charge in [-0.15, -0.1) is 0 Å². The fourth-order valence-electron chi connectivity index (χ4n) is 3.11. The topological polar surface area (TPSA) is 0 Å². The first-order valence-corrected chi connectivity index (χ1v) is 8.89. The predicted octanol–water partition coefficient (Wildman–Crippen LogP) is 7.28. The zero-order valence-electron chi connectivity index (χ0n) is 14.8. The summed E-state index contributed by atoms with van der Waals surface area (Å²) in [6.45, 7) is 6.09. The molecule has 124 valence electrons. The van der Waals surface area contributed by atoms with Gasteiger partial charge in [0, 0.05) is 0 Å². The molecule has 0 aliphatic carbocycles. The summed E-state index contributed by atoms with van der Waals surface area (Å²) >= 11 is 0. The summed E-state index contributed by atoms with van der Waals surface area (Å²) in [5.41, 5.74) is 2.68. The van der Waals surface area contributed by atoms with Gasteiger partial charge in [0.05, 0.1) is 0 Å². The molecular weight excluding hydrogens is 300 g/mol. The van der Waals surface area contributed by atoms with Crippen molar-refractivity contribution >= 4 is 27.6 Å². The van der Waals surface area contributed by atoms with Gasteiger partial charge in [-0.1, -0.05) is 105 Å². The van der Waals surface area contributed by atoms with Gasteiger partial charge in [-0.2, -0.15) is 0 Å². The summed E-state index contributed by atoms with van der Waals surface area (Å²) in [5.74, 6) is 0. The van der Waals surface area contributed by atoms with Gasteiger partial charge in [-0.05, 0) is 45.2 Å². The van der Waals surface area contributed by atoms with Gasteiger partial charge in [-0.3, -0.25) is 0 Å². The molecule has 0 saturated heterocycles. The quantitative estimate of drug-likeness (QED) is 0.371. The Hall–Kier alpha value is -2.86. The number of aryl methyl sites for hydroxylation is 1. The minimum absolute atomic E-state index is 1.13. The van der Waals surface area contributed by atoms with Crippen LogP contribution >= 0.6 is 0 Å². The van der Waals surface area contributed by atoms with Crippen LogP contribution in [0.1, 0.15) is 24.5 Å². The van der Waals surface area contributed by atoms with Crippen molar-refractivity contribution in [2.75, 3.05) is 0 Å². The fraction of sp³-hybridized carbons (Fsp3) is 0.120. The smallest absolute Gasteiger partial charge is 0.0178 e. The average molecular weight is 324 g/mol. The Morgan fingerprint density at radius 2 is 1.12 bits per heavy atom. The van der Waals surface area contributed by atoms with E-state index in [0.717, 1.165) is 6.42 Å². The minimum atomic E-state index is 1.13. The van der Waals surface area contributed by atoms with Crippen molar-refractivity contribution in [3.05, 3.63) is 103 Å². The highest BCUT2D eigenvalue weighted by atomic mass is 14.1. The Morgan fingerprint density at radius 1 is 0.680 bits per heavy atom. The Labute approximate surface area is 150 Å². The van der Waals surface area contributed by atoms with Gasteiger partial charge >= 0.3 is 0 Å². The van der Waals surface area contributed by atoms with Crippen molar-refractivity contribution in [3.8, 4) is 0 Å². The van der Waals surface area contributed by atoms with Crippen molar-refractivity contribution in [2.24, 2.45) is 0 Å². The predicted molar refractivity (Wildman–Crippen MR) is 112 cm³/mol. The molecule has 4 aromatic rings. The Bertz CT molecular complexity index is 914. The van der Waals surface area contributed by atoms with E-state index < -0.39 is 0 Å². The first-order chi connectivity index (χ1) is 12.3. The van der Waals surface area contributed by atoms with Gasteiger partial charge in [0.1, 0.15) is 0 Å². The lowest BCUT2D eigenvalue weighted by Crippen LogP contribution is -1.88. The summed E-state index contributed by atoms with van der Waals surface area (Å²) in [5, 5.41) is 5.24. The monoisotopic (exact) mass is 324 g/mol. The number of rotatable bonds is 3. The van der Waals surface area contributed by atoms with Crippen LogP contribution in [0.3, 0.4) is 0 Å². The van der Waals surface area contributed by atoms with Crippen molar-refractivity contribution < 1.29 is 0 Å². The van der Waals surface area contributed by atoms with E-state index in [1.807, 2.05) is 6.08 Å². The molecule has 0 nitrogen and oxygen atoms in total. The van der Waals surface area contributed by atoms with Crippen LogP contribution in [0.2, 0.25) is 0 Å². The maximum atomic E-state index is 3.88. The fourth-order valence-corrected chi connectivity index (χ4v) is 3.11. The molecule has 4 rings (SSSR count). The molecule has 0 heterocycles. The van der Waals surface area contributed by atoms with Crippen LogP contribution in [0.25, 0.3) is 27.6 Å². The summed E-state index contributed by atoms with van der Waals surface area (Å²) in [7, 11) is 0. The molecular formula is C25H24. The highest BCUT2D eigenvalue weighted by molar-refractivity contribution is 5.86. The highest BCUT2D eigenvalue weighted by Crippen LogP contribution is 2.22. The first-order valence-electron chi connectivity index (χ1n) is 8.89. The molecule has 0 heteroatoms. The van der Waals surface area contributed by atoms with Crippen molar-refractivity contribution in [2.45, 2.75) is 19.8 Å². The van der Waals surface area contributed by atoms with Gasteiger partial charge in [0.25, 0.3) is 0 Å². The molecule has 4 aromatic carbocycles. The van der Waals surface area contributed by atoms with Gasteiger partial charge in [0.15, 0.2) is 0 Å². The van der Waals surface area contributed by atoms with E-state index in [1.54, 1.807) is 0 Å². The zero-order valence-corrected chi connectivity index (χ0v) is 14.8. The Kier molecular flexibility index (Phi) is 5.64. The maximum absolute atomic E-state index is 3.88. The van der Waals surface area contributed by atoms with Crippen LogP contribution in [-0.2, 0) is 6.42 Å². The van der Waals surface area contributed by atoms with E-state index in [2.05, 4.69) is 98.4 Å². The standard InChI is InChI=1S/C15H16.C10H8/c1-3-7-13-11-15-9-6-5-8-14(15)10-12(13)4-2;1-2-6-10-8-4-3-7-9(10)5-1/h4-6,8-11H,2-3,7H2,1H3;1-8H. The van der Waals surface area contributed by atoms with E-state index >= 15 is 0 Å². The van der Waals surface area contributed by atoms with Crippen LogP contribution in [0, 0.1) is 0 Å². The normalized spacial score (nSPS) is 10.3. The van der Waals surface area contributed by atoms with Gasteiger partial charge < -0.3 is 0 Å². The number of benzene rings is 4. The van der Waals surface area contributed by atoms with E-state index in [-0.39, 0.29) is 0 Å². The lowest BCUT2D eigenvalue weighted by molar-refractivity contribution is 0.921. The molecule has 0 aliphatic rings. The molecule has 0 amide bonds. The van der Waals surface area contributed by atoms with Gasteiger partial charge in [0.2, 0.25) is 0 Å². The summed E-state index contributed by atoms with van der Waals surface area (Å²) in [6, 6.07) is 29.7. The molecule has 0 bridgehead atoms. The van der Waals surface area contributed by atoms with Crippen LogP contribution in [0.4, 0.5) is 0 Å². The lowest BCUT2D eigenvalue weighted by atomic mass is 9.98. The molecule has 0 unspecified atom stereocenters. The van der Waals surface area contributed by atoms with E-state index in [0.29, 0.717) is 0 Å². The second-order valence-corrected chi connectivity index (χ2v) is 6.20.